The van der Waals surface area contributed by atoms with E-state index in [1.54, 1.807) is 13.4 Å². The number of aliphatic hydroxyl groups is 1. The second kappa shape index (κ2) is 11.0. The van der Waals surface area contributed by atoms with Gasteiger partial charge in [-0.05, 0) is 31.8 Å². The quantitative estimate of drug-likeness (QED) is 0.452. The lowest BCUT2D eigenvalue weighted by atomic mass is 10.0. The van der Waals surface area contributed by atoms with Crippen molar-refractivity contribution in [3.63, 3.8) is 0 Å². The van der Waals surface area contributed by atoms with Crippen LogP contribution >= 0.6 is 0 Å². The molecule has 0 fully saturated rings. The van der Waals surface area contributed by atoms with Gasteiger partial charge in [-0.3, -0.25) is 0 Å². The largest absolute Gasteiger partial charge is 0.504 e. The van der Waals surface area contributed by atoms with Crippen molar-refractivity contribution in [3.05, 3.63) is 11.8 Å². The van der Waals surface area contributed by atoms with Gasteiger partial charge < -0.3 is 9.84 Å². The summed E-state index contributed by atoms with van der Waals surface area (Å²) >= 11 is 0. The van der Waals surface area contributed by atoms with E-state index in [9.17, 15) is 5.11 Å². The average Bonchev–Trinajstić information content (AvgIpc) is 2.26. The van der Waals surface area contributed by atoms with Gasteiger partial charge >= 0.3 is 0 Å². The molecule has 0 rings (SSSR count). The van der Waals surface area contributed by atoms with Crippen LogP contribution in [0.2, 0.25) is 0 Å². The van der Waals surface area contributed by atoms with Crippen molar-refractivity contribution in [2.24, 2.45) is 0 Å². The van der Waals surface area contributed by atoms with Crippen molar-refractivity contribution in [2.45, 2.75) is 71.3 Å². The zero-order chi connectivity index (χ0) is 12.2. The predicted octanol–water partition coefficient (Wildman–Crippen LogP) is 4.04. The molecule has 1 atom stereocenters. The van der Waals surface area contributed by atoms with Gasteiger partial charge in [-0.25, -0.2) is 0 Å². The fourth-order valence-corrected chi connectivity index (χ4v) is 1.78. The number of hydrogen-bond acceptors (Lipinski definition) is 2. The third kappa shape index (κ3) is 10.0. The van der Waals surface area contributed by atoms with E-state index in [1.165, 1.54) is 31.3 Å². The SMILES string of the molecule is CCCCCCC[C@H](O)CC/C(C)=C/OC. The summed E-state index contributed by atoms with van der Waals surface area (Å²) in [6.45, 7) is 4.26. The Morgan fingerprint density at radius 2 is 1.88 bits per heavy atom. The standard InChI is InChI=1S/C14H28O2/c1-4-5-6-7-8-9-14(15)11-10-13(2)12-16-3/h12,14-15H,4-11H2,1-3H3/b13-12+/t14-/m0/s1. The van der Waals surface area contributed by atoms with Crippen molar-refractivity contribution in [3.8, 4) is 0 Å². The minimum Gasteiger partial charge on any atom is -0.504 e. The molecule has 0 aliphatic rings. The molecule has 0 aromatic heterocycles. The molecule has 0 heterocycles. The first-order chi connectivity index (χ1) is 7.70. The number of aliphatic hydroxyl groups excluding tert-OH is 1. The van der Waals surface area contributed by atoms with Gasteiger partial charge in [0.15, 0.2) is 0 Å². The van der Waals surface area contributed by atoms with Gasteiger partial charge in [0.25, 0.3) is 0 Å². The summed E-state index contributed by atoms with van der Waals surface area (Å²) < 4.78 is 4.92. The van der Waals surface area contributed by atoms with Gasteiger partial charge in [0.1, 0.15) is 0 Å². The van der Waals surface area contributed by atoms with Gasteiger partial charge in [-0.15, -0.1) is 0 Å². The molecule has 1 N–H and O–H groups in total. The summed E-state index contributed by atoms with van der Waals surface area (Å²) in [5.74, 6) is 0. The van der Waals surface area contributed by atoms with Crippen LogP contribution in [0.15, 0.2) is 11.8 Å². The Hall–Kier alpha value is -0.500. The van der Waals surface area contributed by atoms with E-state index >= 15 is 0 Å². The summed E-state index contributed by atoms with van der Waals surface area (Å²) in [6, 6.07) is 0. The molecule has 0 aliphatic heterocycles. The summed E-state index contributed by atoms with van der Waals surface area (Å²) in [6.07, 6.45) is 10.7. The van der Waals surface area contributed by atoms with E-state index in [-0.39, 0.29) is 6.10 Å². The molecule has 0 aliphatic carbocycles. The number of rotatable bonds is 10. The molecule has 0 bridgehead atoms. The second-order valence-corrected chi connectivity index (χ2v) is 4.60. The molecular weight excluding hydrogens is 200 g/mol. The monoisotopic (exact) mass is 228 g/mol. The Morgan fingerprint density at radius 1 is 1.19 bits per heavy atom. The van der Waals surface area contributed by atoms with Gasteiger partial charge in [0.2, 0.25) is 0 Å². The summed E-state index contributed by atoms with van der Waals surface area (Å²) in [5, 5.41) is 9.75. The highest BCUT2D eigenvalue weighted by Gasteiger charge is 2.04. The van der Waals surface area contributed by atoms with Crippen molar-refractivity contribution in [1.29, 1.82) is 0 Å². The summed E-state index contributed by atoms with van der Waals surface area (Å²) in [7, 11) is 1.66. The molecule has 96 valence electrons. The minimum atomic E-state index is -0.137. The lowest BCUT2D eigenvalue weighted by Crippen LogP contribution is -2.06. The Kier molecular flexibility index (Phi) is 10.7. The van der Waals surface area contributed by atoms with Crippen LogP contribution in [0.1, 0.15) is 65.2 Å². The molecule has 0 unspecified atom stereocenters. The van der Waals surface area contributed by atoms with Crippen LogP contribution in [0, 0.1) is 0 Å². The molecule has 0 saturated carbocycles. The average molecular weight is 228 g/mol. The van der Waals surface area contributed by atoms with Gasteiger partial charge in [0.05, 0.1) is 19.5 Å². The first-order valence-corrected chi connectivity index (χ1v) is 6.57. The van der Waals surface area contributed by atoms with Gasteiger partial charge in [0, 0.05) is 0 Å². The molecule has 2 heteroatoms. The highest BCUT2D eigenvalue weighted by molar-refractivity contribution is 4.93. The first-order valence-electron chi connectivity index (χ1n) is 6.57. The van der Waals surface area contributed by atoms with Crippen molar-refractivity contribution < 1.29 is 9.84 Å². The normalized spacial score (nSPS) is 13.9. The zero-order valence-electron chi connectivity index (χ0n) is 11.2. The van der Waals surface area contributed by atoms with E-state index in [0.717, 1.165) is 25.7 Å². The van der Waals surface area contributed by atoms with E-state index in [2.05, 4.69) is 6.92 Å². The molecule has 16 heavy (non-hydrogen) atoms. The molecule has 2 nitrogen and oxygen atoms in total. The predicted molar refractivity (Wildman–Crippen MR) is 69.4 cm³/mol. The number of hydrogen-bond donors (Lipinski definition) is 1. The third-order valence-corrected chi connectivity index (χ3v) is 2.83. The minimum absolute atomic E-state index is 0.137. The maximum absolute atomic E-state index is 9.75. The lowest BCUT2D eigenvalue weighted by Gasteiger charge is -2.10. The summed E-state index contributed by atoms with van der Waals surface area (Å²) in [5.41, 5.74) is 1.20. The van der Waals surface area contributed by atoms with Gasteiger partial charge in [-0.2, -0.15) is 0 Å². The number of methoxy groups -OCH3 is 1. The fourth-order valence-electron chi connectivity index (χ4n) is 1.78. The lowest BCUT2D eigenvalue weighted by molar-refractivity contribution is 0.150. The molecule has 0 spiro atoms. The fraction of sp³-hybridized carbons (Fsp3) is 0.857. The van der Waals surface area contributed by atoms with E-state index in [1.807, 2.05) is 6.92 Å². The zero-order valence-corrected chi connectivity index (χ0v) is 11.2. The van der Waals surface area contributed by atoms with Gasteiger partial charge in [-0.1, -0.05) is 39.0 Å². The van der Waals surface area contributed by atoms with Crippen LogP contribution in [0.3, 0.4) is 0 Å². The molecular formula is C14H28O2. The van der Waals surface area contributed by atoms with Crippen LogP contribution in [0.4, 0.5) is 0 Å². The summed E-state index contributed by atoms with van der Waals surface area (Å²) in [4.78, 5) is 0. The highest BCUT2D eigenvalue weighted by Crippen LogP contribution is 2.13. The Balaban J connectivity index is 3.37. The molecule has 0 amide bonds. The van der Waals surface area contributed by atoms with Crippen LogP contribution in [-0.2, 0) is 4.74 Å². The van der Waals surface area contributed by atoms with E-state index in [4.69, 9.17) is 4.74 Å². The molecule has 0 radical (unpaired) electrons. The number of allylic oxidation sites excluding steroid dienone is 1. The highest BCUT2D eigenvalue weighted by atomic mass is 16.5. The van der Waals surface area contributed by atoms with Crippen molar-refractivity contribution in [1.82, 2.24) is 0 Å². The van der Waals surface area contributed by atoms with Crippen LogP contribution in [-0.4, -0.2) is 18.3 Å². The maximum Gasteiger partial charge on any atom is 0.0813 e. The first kappa shape index (κ1) is 15.5. The van der Waals surface area contributed by atoms with E-state index in [0.29, 0.717) is 0 Å². The molecule has 0 aromatic carbocycles. The van der Waals surface area contributed by atoms with Crippen LogP contribution in [0.5, 0.6) is 0 Å². The van der Waals surface area contributed by atoms with E-state index < -0.39 is 0 Å². The van der Waals surface area contributed by atoms with Crippen LogP contribution in [0.25, 0.3) is 0 Å². The Labute approximate surface area is 101 Å². The van der Waals surface area contributed by atoms with Crippen LogP contribution < -0.4 is 0 Å². The number of unbranched alkanes of at least 4 members (excludes halogenated alkanes) is 4. The van der Waals surface area contributed by atoms with Crippen molar-refractivity contribution >= 4 is 0 Å². The topological polar surface area (TPSA) is 29.5 Å². The molecule has 0 aromatic rings. The maximum atomic E-state index is 9.75. The second-order valence-electron chi connectivity index (χ2n) is 4.60. The Bertz CT molecular complexity index is 176. The Morgan fingerprint density at radius 3 is 2.50 bits per heavy atom. The van der Waals surface area contributed by atoms with Crippen molar-refractivity contribution in [2.75, 3.05) is 7.11 Å². The third-order valence-electron chi connectivity index (χ3n) is 2.83. The molecule has 0 saturated heterocycles. The number of ether oxygens (including phenoxy) is 1. The smallest absolute Gasteiger partial charge is 0.0813 e.